The number of hydrogen-bond acceptors (Lipinski definition) is 5. The van der Waals surface area contributed by atoms with Crippen molar-refractivity contribution in [2.24, 2.45) is 5.92 Å². The molecule has 0 aromatic heterocycles. The summed E-state index contributed by atoms with van der Waals surface area (Å²) in [5.74, 6) is -0.237. The summed E-state index contributed by atoms with van der Waals surface area (Å²) in [7, 11) is -3.83. The summed E-state index contributed by atoms with van der Waals surface area (Å²) in [5, 5.41) is 0.167. The van der Waals surface area contributed by atoms with Crippen molar-refractivity contribution in [1.82, 2.24) is 14.1 Å². The van der Waals surface area contributed by atoms with Gasteiger partial charge < -0.3 is 14.5 Å². The molecule has 2 heterocycles. The molecule has 0 saturated carbocycles. The highest BCUT2D eigenvalue weighted by Crippen LogP contribution is 2.33. The number of hydrogen-bond donors (Lipinski definition) is 0. The summed E-state index contributed by atoms with van der Waals surface area (Å²) < 4.78 is 32.3. The molecule has 0 spiro atoms. The van der Waals surface area contributed by atoms with Crippen LogP contribution >= 0.6 is 23.2 Å². The van der Waals surface area contributed by atoms with E-state index in [0.29, 0.717) is 45.6 Å². The van der Waals surface area contributed by atoms with Gasteiger partial charge in [0.25, 0.3) is 0 Å². The van der Waals surface area contributed by atoms with Crippen molar-refractivity contribution >= 4 is 45.2 Å². The SMILES string of the molecule is CCOC(=O)N1CCN(C(=O)C2CCN(S(=O)(=O)c3c(Cl)cccc3Cl)CC2)CC1. The van der Waals surface area contributed by atoms with Gasteiger partial charge in [0.2, 0.25) is 15.9 Å². The number of benzene rings is 1. The fourth-order valence-electron chi connectivity index (χ4n) is 3.78. The number of amides is 2. The Morgan fingerprint density at radius 1 is 1.00 bits per heavy atom. The van der Waals surface area contributed by atoms with Gasteiger partial charge in [0.15, 0.2) is 0 Å². The first kappa shape index (κ1) is 23.1. The third-order valence-electron chi connectivity index (χ3n) is 5.44. The normalized spacial score (nSPS) is 19.0. The Labute approximate surface area is 186 Å². The lowest BCUT2D eigenvalue weighted by Gasteiger charge is -2.38. The highest BCUT2D eigenvalue weighted by Gasteiger charge is 2.36. The van der Waals surface area contributed by atoms with Gasteiger partial charge in [0, 0.05) is 45.2 Å². The van der Waals surface area contributed by atoms with Crippen LogP contribution < -0.4 is 0 Å². The second kappa shape index (κ2) is 9.72. The van der Waals surface area contributed by atoms with Gasteiger partial charge in [-0.25, -0.2) is 13.2 Å². The Kier molecular flexibility index (Phi) is 7.49. The van der Waals surface area contributed by atoms with Gasteiger partial charge in [-0.1, -0.05) is 29.3 Å². The van der Waals surface area contributed by atoms with Gasteiger partial charge in [0.1, 0.15) is 4.90 Å². The maximum atomic E-state index is 13.0. The third kappa shape index (κ3) is 4.85. The quantitative estimate of drug-likeness (QED) is 0.664. The lowest BCUT2D eigenvalue weighted by Crippen LogP contribution is -2.53. The highest BCUT2D eigenvalue weighted by molar-refractivity contribution is 7.89. The lowest BCUT2D eigenvalue weighted by atomic mass is 9.96. The first-order chi connectivity index (χ1) is 14.3. The van der Waals surface area contributed by atoms with Crippen LogP contribution in [0.25, 0.3) is 0 Å². The summed E-state index contributed by atoms with van der Waals surface area (Å²) >= 11 is 12.2. The molecule has 0 atom stereocenters. The van der Waals surface area contributed by atoms with Gasteiger partial charge in [0.05, 0.1) is 16.7 Å². The van der Waals surface area contributed by atoms with Crippen molar-refractivity contribution in [2.45, 2.75) is 24.7 Å². The van der Waals surface area contributed by atoms with Crippen LogP contribution in [0.4, 0.5) is 4.79 Å². The number of sulfonamides is 1. The average Bonchev–Trinajstić information content (AvgIpc) is 2.73. The van der Waals surface area contributed by atoms with E-state index in [-0.39, 0.29) is 45.9 Å². The van der Waals surface area contributed by atoms with Gasteiger partial charge in [-0.05, 0) is 31.9 Å². The lowest BCUT2D eigenvalue weighted by molar-refractivity contribution is -0.138. The molecular formula is C19H25Cl2N3O5S. The number of carbonyl (C=O) groups excluding carboxylic acids is 2. The van der Waals surface area contributed by atoms with E-state index in [1.54, 1.807) is 22.8 Å². The topological polar surface area (TPSA) is 87.2 Å². The molecule has 0 radical (unpaired) electrons. The monoisotopic (exact) mass is 477 g/mol. The number of halogens is 2. The molecule has 0 bridgehead atoms. The van der Waals surface area contributed by atoms with E-state index in [9.17, 15) is 18.0 Å². The molecule has 2 aliphatic heterocycles. The zero-order valence-corrected chi connectivity index (χ0v) is 19.0. The van der Waals surface area contributed by atoms with E-state index in [0.717, 1.165) is 0 Å². The van der Waals surface area contributed by atoms with Crippen molar-refractivity contribution in [3.63, 3.8) is 0 Å². The van der Waals surface area contributed by atoms with E-state index in [4.69, 9.17) is 27.9 Å². The Hall–Kier alpha value is -1.55. The van der Waals surface area contributed by atoms with Crippen LogP contribution in [0.2, 0.25) is 10.0 Å². The number of rotatable bonds is 4. The molecule has 0 unspecified atom stereocenters. The molecule has 2 aliphatic rings. The van der Waals surface area contributed by atoms with Gasteiger partial charge >= 0.3 is 6.09 Å². The second-order valence-electron chi connectivity index (χ2n) is 7.24. The van der Waals surface area contributed by atoms with Gasteiger partial charge in [-0.15, -0.1) is 0 Å². The minimum absolute atomic E-state index is 0.00586. The first-order valence-corrected chi connectivity index (χ1v) is 12.1. The van der Waals surface area contributed by atoms with Crippen molar-refractivity contribution in [2.75, 3.05) is 45.9 Å². The predicted octanol–water partition coefficient (Wildman–Crippen LogP) is 2.69. The molecular weight excluding hydrogens is 453 g/mol. The Morgan fingerprint density at radius 3 is 2.07 bits per heavy atom. The standard InChI is InChI=1S/C19H25Cl2N3O5S/c1-2-29-19(26)23-12-10-22(11-13-23)18(25)14-6-8-24(9-7-14)30(27,28)17-15(20)4-3-5-16(17)21/h3-5,14H,2,6-13H2,1H3. The van der Waals surface area contributed by atoms with Gasteiger partial charge in [-0.3, -0.25) is 4.79 Å². The summed E-state index contributed by atoms with van der Waals surface area (Å²) in [5.41, 5.74) is 0. The van der Waals surface area contributed by atoms with Crippen LogP contribution in [-0.2, 0) is 19.6 Å². The van der Waals surface area contributed by atoms with Crippen molar-refractivity contribution in [1.29, 1.82) is 0 Å². The van der Waals surface area contributed by atoms with E-state index in [1.165, 1.54) is 16.4 Å². The smallest absolute Gasteiger partial charge is 0.409 e. The summed E-state index contributed by atoms with van der Waals surface area (Å²) in [6.45, 7) is 4.29. The summed E-state index contributed by atoms with van der Waals surface area (Å²) in [6.07, 6.45) is 0.498. The fourth-order valence-corrected chi connectivity index (χ4v) is 6.34. The molecule has 2 amide bonds. The van der Waals surface area contributed by atoms with Crippen molar-refractivity contribution in [3.05, 3.63) is 28.2 Å². The molecule has 11 heteroatoms. The van der Waals surface area contributed by atoms with Crippen LogP contribution in [0.5, 0.6) is 0 Å². The average molecular weight is 478 g/mol. The van der Waals surface area contributed by atoms with Crippen LogP contribution in [-0.4, -0.2) is 80.4 Å². The number of piperidine rings is 1. The number of ether oxygens (including phenoxy) is 1. The molecule has 1 aromatic carbocycles. The minimum Gasteiger partial charge on any atom is -0.450 e. The second-order valence-corrected chi connectivity index (χ2v) is 9.93. The zero-order chi connectivity index (χ0) is 21.9. The van der Waals surface area contributed by atoms with Crippen molar-refractivity contribution < 1.29 is 22.7 Å². The fraction of sp³-hybridized carbons (Fsp3) is 0.579. The van der Waals surface area contributed by atoms with Crippen molar-refractivity contribution in [3.8, 4) is 0 Å². The molecule has 166 valence electrons. The third-order valence-corrected chi connectivity index (χ3v) is 8.29. The van der Waals surface area contributed by atoms with Crippen LogP contribution in [0.3, 0.4) is 0 Å². The number of nitrogens with zero attached hydrogens (tertiary/aromatic N) is 3. The van der Waals surface area contributed by atoms with Crippen LogP contribution in [0.1, 0.15) is 19.8 Å². The molecule has 2 saturated heterocycles. The molecule has 8 nitrogen and oxygen atoms in total. The zero-order valence-electron chi connectivity index (χ0n) is 16.7. The van der Waals surface area contributed by atoms with Gasteiger partial charge in [-0.2, -0.15) is 4.31 Å². The number of piperazine rings is 1. The molecule has 2 fully saturated rings. The van der Waals surface area contributed by atoms with E-state index in [2.05, 4.69) is 0 Å². The Morgan fingerprint density at radius 2 is 1.53 bits per heavy atom. The molecule has 0 N–H and O–H groups in total. The van der Waals surface area contributed by atoms with E-state index < -0.39 is 10.0 Å². The Balaban J connectivity index is 1.57. The first-order valence-electron chi connectivity index (χ1n) is 9.90. The number of carbonyl (C=O) groups is 2. The minimum atomic E-state index is -3.83. The molecule has 30 heavy (non-hydrogen) atoms. The van der Waals surface area contributed by atoms with Crippen LogP contribution in [0.15, 0.2) is 23.1 Å². The summed E-state index contributed by atoms with van der Waals surface area (Å²) in [4.78, 5) is 27.9. The Bertz CT molecular complexity index is 875. The largest absolute Gasteiger partial charge is 0.450 e. The highest BCUT2D eigenvalue weighted by atomic mass is 35.5. The molecule has 3 rings (SSSR count). The van der Waals surface area contributed by atoms with Crippen LogP contribution in [0, 0.1) is 5.92 Å². The van der Waals surface area contributed by atoms with E-state index >= 15 is 0 Å². The molecule has 1 aromatic rings. The molecule has 0 aliphatic carbocycles. The maximum Gasteiger partial charge on any atom is 0.409 e. The maximum absolute atomic E-state index is 13.0. The predicted molar refractivity (Wildman–Crippen MR) is 113 cm³/mol. The summed E-state index contributed by atoms with van der Waals surface area (Å²) in [6, 6.07) is 4.58. The van der Waals surface area contributed by atoms with E-state index in [1.807, 2.05) is 0 Å².